The zero-order chi connectivity index (χ0) is 21.3. The van der Waals surface area contributed by atoms with Crippen LogP contribution < -0.4 is 0 Å². The van der Waals surface area contributed by atoms with Gasteiger partial charge < -0.3 is 9.13 Å². The van der Waals surface area contributed by atoms with Gasteiger partial charge in [-0.25, -0.2) is 9.98 Å². The van der Waals surface area contributed by atoms with E-state index in [-0.39, 0.29) is 0 Å². The molecular weight excluding hydrogens is 386 g/mol. The Morgan fingerprint density at radius 1 is 0.750 bits per heavy atom. The fourth-order valence-corrected chi connectivity index (χ4v) is 14.1. The molecule has 6 heteroatoms. The Morgan fingerprint density at radius 2 is 1.21 bits per heavy atom. The van der Waals surface area contributed by atoms with E-state index in [4.69, 9.17) is 9.98 Å². The van der Waals surface area contributed by atoms with Gasteiger partial charge in [-0.05, 0) is 19.8 Å². The van der Waals surface area contributed by atoms with Crippen LogP contribution in [-0.2, 0) is 9.13 Å². The van der Waals surface area contributed by atoms with Crippen LogP contribution in [0.25, 0.3) is 0 Å². The van der Waals surface area contributed by atoms with Crippen LogP contribution in [0.15, 0.2) is 9.98 Å². The molecular formula is C22H44N2O2P2. The molecule has 4 nitrogen and oxygen atoms in total. The van der Waals surface area contributed by atoms with Crippen molar-refractivity contribution in [3.63, 3.8) is 0 Å². The topological polar surface area (TPSA) is 58.9 Å². The standard InChI is InChI=1S/C22H44N2O2P2/c1-7-12-14-16-18-27(25,10-4)22(20(6)23-21(9-3)24-22)28(26,11-5)19-17-15-13-8-2/h7-19H2,1-6H3. The van der Waals surface area contributed by atoms with Crippen LogP contribution in [-0.4, -0.2) is 41.2 Å². The van der Waals surface area contributed by atoms with E-state index in [0.717, 1.165) is 62.9 Å². The van der Waals surface area contributed by atoms with Gasteiger partial charge in [-0.2, -0.15) is 0 Å². The molecule has 0 saturated heterocycles. The maximum atomic E-state index is 14.5. The first kappa shape index (κ1) is 25.8. The second-order valence-electron chi connectivity index (χ2n) is 8.19. The summed E-state index contributed by atoms with van der Waals surface area (Å²) in [5, 5.41) is -1.02. The fourth-order valence-electron chi connectivity index (χ4n) is 4.47. The molecule has 0 saturated carbocycles. The van der Waals surface area contributed by atoms with Gasteiger partial charge in [0.2, 0.25) is 5.02 Å². The van der Waals surface area contributed by atoms with Crippen LogP contribution in [0, 0.1) is 0 Å². The third-order valence-corrected chi connectivity index (χ3v) is 15.7. The van der Waals surface area contributed by atoms with E-state index in [2.05, 4.69) is 13.8 Å². The Labute approximate surface area is 174 Å². The number of aliphatic imine (C=N–C) groups is 2. The average molecular weight is 431 g/mol. The molecule has 1 aliphatic rings. The highest BCUT2D eigenvalue weighted by Gasteiger charge is 2.61. The van der Waals surface area contributed by atoms with Gasteiger partial charge in [0.25, 0.3) is 0 Å². The molecule has 0 fully saturated rings. The highest BCUT2D eigenvalue weighted by molar-refractivity contribution is 7.84. The SMILES string of the molecule is CCCCCCP(=O)(CC)C1(P(=O)(CC)CCCCCC)N=C(CC)N=C1C. The molecule has 0 aromatic heterocycles. The van der Waals surface area contributed by atoms with Crippen molar-refractivity contribution in [3.8, 4) is 0 Å². The predicted molar refractivity (Wildman–Crippen MR) is 128 cm³/mol. The molecule has 164 valence electrons. The Bertz CT molecular complexity index is 606. The van der Waals surface area contributed by atoms with Crippen molar-refractivity contribution in [2.24, 2.45) is 9.98 Å². The Balaban J connectivity index is 3.37. The lowest BCUT2D eigenvalue weighted by Crippen LogP contribution is -2.36. The minimum Gasteiger partial charge on any atom is -0.320 e. The molecule has 0 radical (unpaired) electrons. The van der Waals surface area contributed by atoms with Crippen LogP contribution in [0.4, 0.5) is 0 Å². The quantitative estimate of drug-likeness (QED) is 0.196. The molecule has 0 amide bonds. The fraction of sp³-hybridized carbons (Fsp3) is 0.909. The van der Waals surface area contributed by atoms with E-state index in [1.165, 1.54) is 0 Å². The third kappa shape index (κ3) is 5.28. The summed E-state index contributed by atoms with van der Waals surface area (Å²) in [5.74, 6) is 0.738. The van der Waals surface area contributed by atoms with Crippen molar-refractivity contribution in [1.82, 2.24) is 0 Å². The summed E-state index contributed by atoms with van der Waals surface area (Å²) in [4.78, 5) is 9.69. The van der Waals surface area contributed by atoms with Gasteiger partial charge in [0, 0.05) is 31.1 Å². The third-order valence-electron chi connectivity index (χ3n) is 6.29. The molecule has 1 aliphatic heterocycles. The van der Waals surface area contributed by atoms with Crippen molar-refractivity contribution < 1.29 is 9.13 Å². The summed E-state index contributed by atoms with van der Waals surface area (Å²) in [6, 6.07) is 0. The smallest absolute Gasteiger partial charge is 0.205 e. The van der Waals surface area contributed by atoms with Gasteiger partial charge >= 0.3 is 0 Å². The van der Waals surface area contributed by atoms with E-state index < -0.39 is 19.3 Å². The number of hydrogen-bond donors (Lipinski definition) is 0. The van der Waals surface area contributed by atoms with Crippen LogP contribution in [0.1, 0.15) is 99.3 Å². The molecule has 0 N–H and O–H groups in total. The van der Waals surface area contributed by atoms with Crippen molar-refractivity contribution in [3.05, 3.63) is 0 Å². The first-order valence-corrected chi connectivity index (χ1v) is 15.8. The molecule has 0 aromatic rings. The zero-order valence-electron chi connectivity index (χ0n) is 19.3. The van der Waals surface area contributed by atoms with Crippen LogP contribution in [0.2, 0.25) is 0 Å². The Hall–Kier alpha value is -0.200. The molecule has 1 rings (SSSR count). The lowest BCUT2D eigenvalue weighted by atomic mass is 10.2. The number of rotatable bonds is 15. The van der Waals surface area contributed by atoms with Gasteiger partial charge in [0.15, 0.2) is 0 Å². The number of amidine groups is 1. The summed E-state index contributed by atoms with van der Waals surface area (Å²) >= 11 is 0. The number of unbranched alkanes of at least 4 members (excludes halogenated alkanes) is 6. The molecule has 0 spiro atoms. The minimum absolute atomic E-state index is 0.561. The largest absolute Gasteiger partial charge is 0.320 e. The normalized spacial score (nSPS) is 23.8. The Morgan fingerprint density at radius 3 is 1.54 bits per heavy atom. The molecule has 0 bridgehead atoms. The van der Waals surface area contributed by atoms with E-state index in [9.17, 15) is 9.13 Å². The van der Waals surface area contributed by atoms with E-state index in [1.807, 2.05) is 27.7 Å². The molecule has 2 atom stereocenters. The minimum atomic E-state index is -2.80. The number of nitrogens with zero attached hydrogens (tertiary/aromatic N) is 2. The van der Waals surface area contributed by atoms with Crippen molar-refractivity contribution in [2.45, 2.75) is 104 Å². The molecule has 1 heterocycles. The number of hydrogen-bond acceptors (Lipinski definition) is 4. The first-order valence-electron chi connectivity index (χ1n) is 11.6. The van der Waals surface area contributed by atoms with Crippen LogP contribution in [0.3, 0.4) is 0 Å². The lowest BCUT2D eigenvalue weighted by Gasteiger charge is -2.41. The Kier molecular flexibility index (Phi) is 10.9. The lowest BCUT2D eigenvalue weighted by molar-refractivity contribution is 0.547. The van der Waals surface area contributed by atoms with Crippen LogP contribution >= 0.6 is 14.3 Å². The van der Waals surface area contributed by atoms with E-state index in [0.29, 0.717) is 31.1 Å². The maximum absolute atomic E-state index is 14.5. The summed E-state index contributed by atoms with van der Waals surface area (Å²) in [6.45, 7) is 12.4. The summed E-state index contributed by atoms with van der Waals surface area (Å²) in [5.41, 5.74) is 0.769. The molecule has 0 aliphatic carbocycles. The van der Waals surface area contributed by atoms with Gasteiger partial charge in [-0.15, -0.1) is 0 Å². The van der Waals surface area contributed by atoms with E-state index >= 15 is 0 Å². The van der Waals surface area contributed by atoms with Gasteiger partial charge in [-0.3, -0.25) is 0 Å². The van der Waals surface area contributed by atoms with E-state index in [1.54, 1.807) is 0 Å². The second-order valence-corrected chi connectivity index (χ2v) is 15.6. The molecule has 28 heavy (non-hydrogen) atoms. The van der Waals surface area contributed by atoms with Gasteiger partial charge in [0.05, 0.1) is 5.71 Å². The average Bonchev–Trinajstić information content (AvgIpc) is 3.06. The monoisotopic (exact) mass is 430 g/mol. The zero-order valence-corrected chi connectivity index (χ0v) is 21.1. The molecule has 0 aromatic carbocycles. The maximum Gasteiger partial charge on any atom is 0.205 e. The van der Waals surface area contributed by atoms with Gasteiger partial charge in [0.1, 0.15) is 20.1 Å². The van der Waals surface area contributed by atoms with Crippen molar-refractivity contribution in [2.75, 3.05) is 24.6 Å². The summed E-state index contributed by atoms with van der Waals surface area (Å²) in [6.07, 6.45) is 11.8. The van der Waals surface area contributed by atoms with Crippen molar-refractivity contribution >= 4 is 25.8 Å². The van der Waals surface area contributed by atoms with Crippen molar-refractivity contribution in [1.29, 1.82) is 0 Å². The highest BCUT2D eigenvalue weighted by atomic mass is 31.2. The van der Waals surface area contributed by atoms with Crippen LogP contribution in [0.5, 0.6) is 0 Å². The summed E-state index contributed by atoms with van der Waals surface area (Å²) < 4.78 is 29.0. The predicted octanol–water partition coefficient (Wildman–Crippen LogP) is 7.85. The second kappa shape index (κ2) is 11.8. The summed E-state index contributed by atoms with van der Waals surface area (Å²) in [7, 11) is -5.60. The first-order chi connectivity index (χ1) is 13.3. The van der Waals surface area contributed by atoms with Gasteiger partial charge in [-0.1, -0.05) is 73.1 Å². The highest BCUT2D eigenvalue weighted by Crippen LogP contribution is 2.78. The molecule has 2 unspecified atom stereocenters.